The summed E-state index contributed by atoms with van der Waals surface area (Å²) in [7, 11) is 1.76. The third-order valence-corrected chi connectivity index (χ3v) is 2.88. The van der Waals surface area contributed by atoms with Crippen LogP contribution in [0.4, 0.5) is 0 Å². The van der Waals surface area contributed by atoms with E-state index in [0.717, 1.165) is 10.2 Å². The highest BCUT2D eigenvalue weighted by Crippen LogP contribution is 2.29. The summed E-state index contributed by atoms with van der Waals surface area (Å²) in [5, 5.41) is 13.2. The van der Waals surface area contributed by atoms with Gasteiger partial charge in [0.15, 0.2) is 0 Å². The summed E-state index contributed by atoms with van der Waals surface area (Å²) in [5.41, 5.74) is 0.733. The number of aromatic nitrogens is 2. The van der Waals surface area contributed by atoms with Gasteiger partial charge in [-0.3, -0.25) is 9.48 Å². The van der Waals surface area contributed by atoms with Crippen molar-refractivity contribution in [3.05, 3.63) is 16.4 Å². The van der Waals surface area contributed by atoms with E-state index in [2.05, 4.69) is 21.0 Å². The predicted molar refractivity (Wildman–Crippen MR) is 60.7 cm³/mol. The second kappa shape index (κ2) is 4.79. The summed E-state index contributed by atoms with van der Waals surface area (Å²) in [4.78, 5) is 11.2. The fourth-order valence-corrected chi connectivity index (χ4v) is 2.24. The maximum atomic E-state index is 11.2. The Kier molecular flexibility index (Phi) is 3.90. The van der Waals surface area contributed by atoms with Crippen molar-refractivity contribution >= 4 is 21.9 Å². The summed E-state index contributed by atoms with van der Waals surface area (Å²) >= 11 is 3.33. The minimum Gasteiger partial charge on any atom is -0.481 e. The molecule has 1 heterocycles. The molecule has 0 saturated carbocycles. The van der Waals surface area contributed by atoms with Gasteiger partial charge in [-0.15, -0.1) is 0 Å². The van der Waals surface area contributed by atoms with Crippen molar-refractivity contribution in [2.45, 2.75) is 26.2 Å². The van der Waals surface area contributed by atoms with E-state index in [0.29, 0.717) is 12.3 Å². The SMILES string of the molecule is CC(C)CC(C(=O)O)c1c(Br)cnn1C. The van der Waals surface area contributed by atoms with E-state index in [1.165, 1.54) is 0 Å². The fraction of sp³-hybridized carbons (Fsp3) is 0.600. The Hall–Kier alpha value is -0.840. The lowest BCUT2D eigenvalue weighted by atomic mass is 9.94. The molecule has 0 radical (unpaired) electrons. The van der Waals surface area contributed by atoms with Crippen LogP contribution in [0.25, 0.3) is 0 Å². The van der Waals surface area contributed by atoms with Gasteiger partial charge in [-0.25, -0.2) is 0 Å². The molecule has 15 heavy (non-hydrogen) atoms. The molecule has 5 heteroatoms. The predicted octanol–water partition coefficient (Wildman–Crippen LogP) is 2.40. The quantitative estimate of drug-likeness (QED) is 0.918. The van der Waals surface area contributed by atoms with E-state index in [9.17, 15) is 9.90 Å². The van der Waals surface area contributed by atoms with E-state index in [1.54, 1.807) is 17.9 Å². The summed E-state index contributed by atoms with van der Waals surface area (Å²) in [6.07, 6.45) is 2.25. The second-order valence-corrected chi connectivity index (χ2v) is 4.88. The van der Waals surface area contributed by atoms with Gasteiger partial charge in [0, 0.05) is 7.05 Å². The van der Waals surface area contributed by atoms with Gasteiger partial charge in [-0.1, -0.05) is 13.8 Å². The van der Waals surface area contributed by atoms with Crippen molar-refractivity contribution in [3.8, 4) is 0 Å². The average Bonchev–Trinajstić information content (AvgIpc) is 2.42. The average molecular weight is 275 g/mol. The van der Waals surface area contributed by atoms with Gasteiger partial charge in [0.05, 0.1) is 22.3 Å². The first kappa shape index (κ1) is 12.2. The number of carboxylic acid groups (broad SMARTS) is 1. The molecule has 4 nitrogen and oxygen atoms in total. The van der Waals surface area contributed by atoms with Crippen LogP contribution in [0.5, 0.6) is 0 Å². The summed E-state index contributed by atoms with van der Waals surface area (Å²) in [5.74, 6) is -0.951. The first-order valence-corrected chi connectivity index (χ1v) is 5.63. The van der Waals surface area contributed by atoms with Gasteiger partial charge in [-0.2, -0.15) is 5.10 Å². The Morgan fingerprint density at radius 2 is 2.27 bits per heavy atom. The number of hydrogen-bond acceptors (Lipinski definition) is 2. The molecule has 0 aliphatic carbocycles. The first-order valence-electron chi connectivity index (χ1n) is 4.83. The molecule has 1 unspecified atom stereocenters. The van der Waals surface area contributed by atoms with Crippen LogP contribution in [0.3, 0.4) is 0 Å². The smallest absolute Gasteiger partial charge is 0.312 e. The number of aryl methyl sites for hydroxylation is 1. The lowest BCUT2D eigenvalue weighted by Gasteiger charge is -2.15. The summed E-state index contributed by atoms with van der Waals surface area (Å²) in [6, 6.07) is 0. The highest BCUT2D eigenvalue weighted by Gasteiger charge is 2.26. The van der Waals surface area contributed by atoms with E-state index in [1.807, 2.05) is 13.8 Å². The lowest BCUT2D eigenvalue weighted by Crippen LogP contribution is -2.17. The molecule has 0 aromatic carbocycles. The zero-order valence-corrected chi connectivity index (χ0v) is 10.7. The summed E-state index contributed by atoms with van der Waals surface area (Å²) < 4.78 is 2.38. The number of hydrogen-bond donors (Lipinski definition) is 1. The molecule has 0 amide bonds. The number of rotatable bonds is 4. The Morgan fingerprint density at radius 3 is 2.60 bits per heavy atom. The van der Waals surface area contributed by atoms with Gasteiger partial charge < -0.3 is 5.11 Å². The lowest BCUT2D eigenvalue weighted by molar-refractivity contribution is -0.139. The number of nitrogens with zero attached hydrogens (tertiary/aromatic N) is 2. The Bertz CT molecular complexity index is 341. The molecule has 1 aromatic rings. The van der Waals surface area contributed by atoms with E-state index in [-0.39, 0.29) is 0 Å². The van der Waals surface area contributed by atoms with Crippen LogP contribution in [-0.2, 0) is 11.8 Å². The first-order chi connectivity index (χ1) is 6.93. The van der Waals surface area contributed by atoms with Crippen molar-refractivity contribution < 1.29 is 9.90 Å². The van der Waals surface area contributed by atoms with E-state index < -0.39 is 11.9 Å². The normalized spacial score (nSPS) is 13.1. The molecular weight excluding hydrogens is 260 g/mol. The van der Waals surface area contributed by atoms with E-state index >= 15 is 0 Å². The fourth-order valence-electron chi connectivity index (χ4n) is 1.61. The Balaban J connectivity index is 3.04. The third-order valence-electron chi connectivity index (χ3n) is 2.27. The van der Waals surface area contributed by atoms with Crippen molar-refractivity contribution in [3.63, 3.8) is 0 Å². The Labute approximate surface area is 97.4 Å². The Morgan fingerprint density at radius 1 is 1.67 bits per heavy atom. The van der Waals surface area contributed by atoms with Gasteiger partial charge in [0.25, 0.3) is 0 Å². The van der Waals surface area contributed by atoms with E-state index in [4.69, 9.17) is 0 Å². The van der Waals surface area contributed by atoms with Gasteiger partial charge in [0.1, 0.15) is 0 Å². The largest absolute Gasteiger partial charge is 0.481 e. The molecule has 0 bridgehead atoms. The third kappa shape index (κ3) is 2.81. The molecular formula is C10H15BrN2O2. The van der Waals surface area contributed by atoms with Gasteiger partial charge in [-0.05, 0) is 28.3 Å². The van der Waals surface area contributed by atoms with Crippen LogP contribution in [0, 0.1) is 5.92 Å². The molecule has 84 valence electrons. The van der Waals surface area contributed by atoms with Crippen LogP contribution < -0.4 is 0 Å². The van der Waals surface area contributed by atoms with Crippen molar-refractivity contribution in [1.82, 2.24) is 9.78 Å². The molecule has 0 spiro atoms. The van der Waals surface area contributed by atoms with Crippen molar-refractivity contribution in [2.24, 2.45) is 13.0 Å². The van der Waals surface area contributed by atoms with Crippen LogP contribution >= 0.6 is 15.9 Å². The zero-order valence-electron chi connectivity index (χ0n) is 9.07. The molecule has 1 N–H and O–H groups in total. The molecule has 1 aromatic heterocycles. The molecule has 0 aliphatic rings. The minimum absolute atomic E-state index is 0.341. The zero-order chi connectivity index (χ0) is 11.6. The van der Waals surface area contributed by atoms with Crippen molar-refractivity contribution in [1.29, 1.82) is 0 Å². The van der Waals surface area contributed by atoms with Crippen LogP contribution in [0.15, 0.2) is 10.7 Å². The maximum Gasteiger partial charge on any atom is 0.312 e. The summed E-state index contributed by atoms with van der Waals surface area (Å²) in [6.45, 7) is 4.03. The standard InChI is InChI=1S/C10H15BrN2O2/c1-6(2)4-7(10(14)15)9-8(11)5-12-13(9)3/h5-7H,4H2,1-3H3,(H,14,15). The number of aliphatic carboxylic acids is 1. The second-order valence-electron chi connectivity index (χ2n) is 4.02. The molecule has 0 fully saturated rings. The van der Waals surface area contributed by atoms with Gasteiger partial charge >= 0.3 is 5.97 Å². The van der Waals surface area contributed by atoms with Crippen LogP contribution in [0.2, 0.25) is 0 Å². The van der Waals surface area contributed by atoms with Crippen LogP contribution in [-0.4, -0.2) is 20.9 Å². The molecule has 0 saturated heterocycles. The number of halogens is 1. The van der Waals surface area contributed by atoms with Crippen LogP contribution in [0.1, 0.15) is 31.9 Å². The van der Waals surface area contributed by atoms with Crippen molar-refractivity contribution in [2.75, 3.05) is 0 Å². The number of carboxylic acids is 1. The van der Waals surface area contributed by atoms with Gasteiger partial charge in [0.2, 0.25) is 0 Å². The maximum absolute atomic E-state index is 11.2. The highest BCUT2D eigenvalue weighted by atomic mass is 79.9. The topological polar surface area (TPSA) is 55.1 Å². The minimum atomic E-state index is -0.798. The molecule has 1 rings (SSSR count). The highest BCUT2D eigenvalue weighted by molar-refractivity contribution is 9.10. The monoisotopic (exact) mass is 274 g/mol. The molecule has 0 aliphatic heterocycles. The molecule has 1 atom stereocenters. The number of carbonyl (C=O) groups is 1.